The van der Waals surface area contributed by atoms with E-state index in [1.165, 1.54) is 12.2 Å². The Labute approximate surface area is 162 Å². The predicted molar refractivity (Wildman–Crippen MR) is 102 cm³/mol. The summed E-state index contributed by atoms with van der Waals surface area (Å²) in [5, 5.41) is 18.2. The summed E-state index contributed by atoms with van der Waals surface area (Å²) in [7, 11) is 0. The van der Waals surface area contributed by atoms with E-state index in [1.807, 2.05) is 0 Å². The second-order valence-electron chi connectivity index (χ2n) is 6.06. The molecule has 0 aromatic rings. The van der Waals surface area contributed by atoms with Crippen molar-refractivity contribution in [3.8, 4) is 0 Å². The number of esters is 2. The van der Waals surface area contributed by atoms with Crippen molar-refractivity contribution in [3.05, 3.63) is 23.7 Å². The molecule has 0 fully saturated rings. The molecule has 2 N–H and O–H groups in total. The zero-order valence-corrected chi connectivity index (χ0v) is 16.6. The Morgan fingerprint density at radius 2 is 0.963 bits per heavy atom. The zero-order chi connectivity index (χ0) is 20.3. The first-order valence-corrected chi connectivity index (χ1v) is 9.65. The summed E-state index contributed by atoms with van der Waals surface area (Å²) in [6.45, 7) is 5.24. The van der Waals surface area contributed by atoms with Crippen LogP contribution in [0, 0.1) is 0 Å². The first kappa shape index (κ1) is 25.0. The largest absolute Gasteiger partial charge is 0.502 e. The van der Waals surface area contributed by atoms with Gasteiger partial charge in [-0.2, -0.15) is 0 Å². The van der Waals surface area contributed by atoms with Crippen LogP contribution in [0.5, 0.6) is 0 Å². The number of carbonyl (C=O) groups excluding carboxylic acids is 2. The van der Waals surface area contributed by atoms with Gasteiger partial charge in [-0.1, -0.05) is 12.8 Å². The van der Waals surface area contributed by atoms with Crippen LogP contribution in [-0.4, -0.2) is 48.6 Å². The van der Waals surface area contributed by atoms with Crippen LogP contribution in [0.4, 0.5) is 0 Å². The molecule has 0 atom stereocenters. The molecule has 7 nitrogen and oxygen atoms in total. The van der Waals surface area contributed by atoms with E-state index in [4.69, 9.17) is 24.4 Å². The minimum Gasteiger partial charge on any atom is -0.502 e. The maximum atomic E-state index is 11.2. The minimum atomic E-state index is -0.671. The van der Waals surface area contributed by atoms with Crippen molar-refractivity contribution in [2.45, 2.75) is 65.2 Å². The Bertz CT molecular complexity index is 427. The topological polar surface area (TPSA) is 102 Å². The number of aliphatic hydroxyl groups excluding tert-OH is 2. The van der Waals surface area contributed by atoms with Gasteiger partial charge in [-0.25, -0.2) is 9.59 Å². The van der Waals surface area contributed by atoms with E-state index in [-0.39, 0.29) is 11.5 Å². The number of rotatable bonds is 16. The van der Waals surface area contributed by atoms with Crippen LogP contribution < -0.4 is 0 Å². The van der Waals surface area contributed by atoms with E-state index in [0.717, 1.165) is 64.6 Å². The third-order valence-electron chi connectivity index (χ3n) is 3.80. The smallest absolute Gasteiger partial charge is 0.373 e. The molecule has 0 aliphatic heterocycles. The normalized spacial score (nSPS) is 12.1. The highest BCUT2D eigenvalue weighted by Crippen LogP contribution is 2.04. The second-order valence-corrected chi connectivity index (χ2v) is 6.06. The third kappa shape index (κ3) is 14.8. The average molecular weight is 386 g/mol. The second kappa shape index (κ2) is 17.4. The van der Waals surface area contributed by atoms with Crippen LogP contribution in [0.2, 0.25) is 0 Å². The first-order valence-electron chi connectivity index (χ1n) is 9.65. The molecule has 0 heterocycles. The van der Waals surface area contributed by atoms with Crippen molar-refractivity contribution in [2.24, 2.45) is 0 Å². The summed E-state index contributed by atoms with van der Waals surface area (Å²) in [4.78, 5) is 22.3. The predicted octanol–water partition coefficient (Wildman–Crippen LogP) is 4.13. The summed E-state index contributed by atoms with van der Waals surface area (Å²) in [5.74, 6) is -2.04. The lowest BCUT2D eigenvalue weighted by Crippen LogP contribution is -2.08. The lowest BCUT2D eigenvalue weighted by Gasteiger charge is -2.06. The maximum absolute atomic E-state index is 11.2. The lowest BCUT2D eigenvalue weighted by molar-refractivity contribution is -0.143. The molecule has 0 aliphatic carbocycles. The van der Waals surface area contributed by atoms with Crippen LogP contribution in [0.3, 0.4) is 0 Å². The monoisotopic (exact) mass is 386 g/mol. The molecule has 0 aromatic heterocycles. The number of hydrogen-bond acceptors (Lipinski definition) is 7. The van der Waals surface area contributed by atoms with Crippen molar-refractivity contribution in [1.29, 1.82) is 0 Å². The van der Waals surface area contributed by atoms with Gasteiger partial charge in [0, 0.05) is 13.2 Å². The summed E-state index contributed by atoms with van der Waals surface area (Å²) in [5.41, 5.74) is 0. The number of ether oxygens (including phenoxy) is 3. The SMILES string of the molecule is CC=C(O)C(=O)OCCCCCCOCCCCCCOC(=O)C(O)=CC. The third-order valence-corrected chi connectivity index (χ3v) is 3.80. The van der Waals surface area contributed by atoms with Gasteiger partial charge in [0.1, 0.15) is 0 Å². The summed E-state index contributed by atoms with van der Waals surface area (Å²) >= 11 is 0. The highest BCUT2D eigenvalue weighted by molar-refractivity contribution is 5.85. The van der Waals surface area contributed by atoms with Crippen molar-refractivity contribution in [2.75, 3.05) is 26.4 Å². The molecular formula is C20H34O7. The van der Waals surface area contributed by atoms with Gasteiger partial charge in [-0.15, -0.1) is 0 Å². The molecule has 27 heavy (non-hydrogen) atoms. The van der Waals surface area contributed by atoms with Crippen LogP contribution in [0.25, 0.3) is 0 Å². The van der Waals surface area contributed by atoms with Crippen LogP contribution >= 0.6 is 0 Å². The average Bonchev–Trinajstić information content (AvgIpc) is 2.68. The number of aliphatic hydroxyl groups is 2. The van der Waals surface area contributed by atoms with Gasteiger partial charge in [0.2, 0.25) is 0 Å². The van der Waals surface area contributed by atoms with Crippen molar-refractivity contribution in [1.82, 2.24) is 0 Å². The molecule has 0 spiro atoms. The molecule has 0 rings (SSSR count). The van der Waals surface area contributed by atoms with E-state index in [0.29, 0.717) is 13.2 Å². The van der Waals surface area contributed by atoms with E-state index in [1.54, 1.807) is 13.8 Å². The zero-order valence-electron chi connectivity index (χ0n) is 16.6. The fourth-order valence-corrected chi connectivity index (χ4v) is 2.13. The van der Waals surface area contributed by atoms with Crippen LogP contribution in [0.15, 0.2) is 23.7 Å². The molecule has 0 bridgehead atoms. The molecule has 7 heteroatoms. The van der Waals surface area contributed by atoms with Crippen molar-refractivity contribution >= 4 is 11.9 Å². The Morgan fingerprint density at radius 3 is 1.30 bits per heavy atom. The molecule has 0 aromatic carbocycles. The van der Waals surface area contributed by atoms with Gasteiger partial charge < -0.3 is 24.4 Å². The van der Waals surface area contributed by atoms with Crippen molar-refractivity contribution < 1.29 is 34.0 Å². The van der Waals surface area contributed by atoms with Crippen molar-refractivity contribution in [3.63, 3.8) is 0 Å². The first-order chi connectivity index (χ1) is 13.0. The number of unbranched alkanes of at least 4 members (excludes halogenated alkanes) is 6. The Hall–Kier alpha value is -2.02. The standard InChI is InChI=1S/C20H34O7/c1-3-17(21)19(23)26-15-11-7-5-9-13-25-14-10-6-8-12-16-27-20(24)18(22)4-2/h3-4,21-22H,5-16H2,1-2H3. The fraction of sp³-hybridized carbons (Fsp3) is 0.700. The summed E-state index contributed by atoms with van der Waals surface area (Å²) in [6, 6.07) is 0. The van der Waals surface area contributed by atoms with Crippen LogP contribution in [0.1, 0.15) is 65.2 Å². The molecule has 0 saturated carbocycles. The van der Waals surface area contributed by atoms with Gasteiger partial charge >= 0.3 is 11.9 Å². The highest BCUT2D eigenvalue weighted by atomic mass is 16.5. The molecule has 0 saturated heterocycles. The Balaban J connectivity index is 3.26. The van der Waals surface area contributed by atoms with Gasteiger partial charge in [0.25, 0.3) is 0 Å². The van der Waals surface area contributed by atoms with Gasteiger partial charge in [-0.05, 0) is 64.5 Å². The molecule has 0 aliphatic rings. The molecule has 0 unspecified atom stereocenters. The summed E-state index contributed by atoms with van der Waals surface area (Å²) in [6.07, 6.45) is 10.0. The number of hydrogen-bond donors (Lipinski definition) is 2. The summed E-state index contributed by atoms with van der Waals surface area (Å²) < 4.78 is 15.4. The fourth-order valence-electron chi connectivity index (χ4n) is 2.13. The molecule has 156 valence electrons. The van der Waals surface area contributed by atoms with Gasteiger partial charge in [0.15, 0.2) is 11.5 Å². The highest BCUT2D eigenvalue weighted by Gasteiger charge is 2.07. The molecule has 0 amide bonds. The molecule has 0 radical (unpaired) electrons. The van der Waals surface area contributed by atoms with E-state index in [9.17, 15) is 9.59 Å². The Morgan fingerprint density at radius 1 is 0.630 bits per heavy atom. The van der Waals surface area contributed by atoms with E-state index in [2.05, 4.69) is 0 Å². The molecular weight excluding hydrogens is 352 g/mol. The quantitative estimate of drug-likeness (QED) is 0.178. The Kier molecular flexibility index (Phi) is 16.1. The van der Waals surface area contributed by atoms with Crippen LogP contribution in [-0.2, 0) is 23.8 Å². The lowest BCUT2D eigenvalue weighted by atomic mass is 10.2. The van der Waals surface area contributed by atoms with Gasteiger partial charge in [-0.3, -0.25) is 0 Å². The van der Waals surface area contributed by atoms with E-state index < -0.39 is 11.9 Å². The number of carbonyl (C=O) groups is 2. The number of allylic oxidation sites excluding steroid dienone is 2. The maximum Gasteiger partial charge on any atom is 0.373 e. The van der Waals surface area contributed by atoms with Gasteiger partial charge in [0.05, 0.1) is 13.2 Å². The van der Waals surface area contributed by atoms with E-state index >= 15 is 0 Å². The minimum absolute atomic E-state index is 0.321.